The van der Waals surface area contributed by atoms with Crippen molar-refractivity contribution >= 4 is 10.8 Å². The van der Waals surface area contributed by atoms with Crippen LogP contribution in [0.1, 0.15) is 12.8 Å². The van der Waals surface area contributed by atoms with Gasteiger partial charge in [-0.05, 0) is 24.3 Å². The summed E-state index contributed by atoms with van der Waals surface area (Å²) < 4.78 is 17.4. The van der Waals surface area contributed by atoms with E-state index in [1.165, 1.54) is 5.39 Å². The smallest absolute Gasteiger partial charge is 0.267 e. The van der Waals surface area contributed by atoms with Gasteiger partial charge in [-0.1, -0.05) is 30.3 Å². The lowest BCUT2D eigenvalue weighted by Crippen LogP contribution is -2.32. The summed E-state index contributed by atoms with van der Waals surface area (Å²) >= 11 is 0. The number of rotatable bonds is 1. The Morgan fingerprint density at radius 3 is 2.83 bits per heavy atom. The molecule has 0 spiro atoms. The van der Waals surface area contributed by atoms with Crippen molar-refractivity contribution in [2.24, 2.45) is 0 Å². The summed E-state index contributed by atoms with van der Waals surface area (Å²) in [5, 5.41) is 2.28. The van der Waals surface area contributed by atoms with E-state index in [4.69, 9.17) is 14.2 Å². The first-order valence-corrected chi connectivity index (χ1v) is 6.38. The number of fused-ring (bicyclic) bond motifs is 3. The summed E-state index contributed by atoms with van der Waals surface area (Å²) in [5.74, 6) is 1.68. The van der Waals surface area contributed by atoms with Crippen LogP contribution in [-0.2, 0) is 4.74 Å². The van der Waals surface area contributed by atoms with E-state index in [0.717, 1.165) is 36.3 Å². The van der Waals surface area contributed by atoms with Crippen molar-refractivity contribution in [1.29, 1.82) is 0 Å². The third-order valence-electron chi connectivity index (χ3n) is 3.59. The quantitative estimate of drug-likeness (QED) is 0.769. The average molecular weight is 242 g/mol. The Hall–Kier alpha value is -1.74. The molecule has 1 saturated heterocycles. The van der Waals surface area contributed by atoms with Crippen LogP contribution in [0.4, 0.5) is 0 Å². The van der Waals surface area contributed by atoms with Gasteiger partial charge in [0.1, 0.15) is 6.10 Å². The molecule has 1 fully saturated rings. The highest BCUT2D eigenvalue weighted by molar-refractivity contribution is 5.91. The number of benzene rings is 2. The van der Waals surface area contributed by atoms with Gasteiger partial charge in [0, 0.05) is 12.0 Å². The van der Waals surface area contributed by atoms with Crippen LogP contribution < -0.4 is 9.47 Å². The third-order valence-corrected chi connectivity index (χ3v) is 3.59. The van der Waals surface area contributed by atoms with Gasteiger partial charge in [-0.25, -0.2) is 0 Å². The highest BCUT2D eigenvalue weighted by atomic mass is 16.7. The lowest BCUT2D eigenvalue weighted by Gasteiger charge is -2.16. The monoisotopic (exact) mass is 242 g/mol. The highest BCUT2D eigenvalue weighted by Gasteiger charge is 2.35. The standard InChI is InChI=1S/C15H14O3/c1-2-5-11-10(4-1)7-8-12-14(11)18-15(17-12)13-6-3-9-16-13/h1-2,4-5,7-8,13,15H,3,6,9H2. The molecule has 0 radical (unpaired) electrons. The van der Waals surface area contributed by atoms with Gasteiger partial charge in [0.25, 0.3) is 6.29 Å². The summed E-state index contributed by atoms with van der Waals surface area (Å²) in [6.45, 7) is 0.810. The molecule has 0 aromatic heterocycles. The average Bonchev–Trinajstić information content (AvgIpc) is 3.07. The molecule has 2 unspecified atom stereocenters. The summed E-state index contributed by atoms with van der Waals surface area (Å²) in [6, 6.07) is 12.2. The van der Waals surface area contributed by atoms with Crippen molar-refractivity contribution in [3.8, 4) is 11.5 Å². The third kappa shape index (κ3) is 1.47. The predicted molar refractivity (Wildman–Crippen MR) is 68.0 cm³/mol. The molecule has 2 aliphatic rings. The molecule has 4 rings (SSSR count). The fraction of sp³-hybridized carbons (Fsp3) is 0.333. The second-order valence-electron chi connectivity index (χ2n) is 4.77. The first-order valence-electron chi connectivity index (χ1n) is 6.38. The van der Waals surface area contributed by atoms with E-state index in [0.29, 0.717) is 0 Å². The second kappa shape index (κ2) is 3.89. The van der Waals surface area contributed by atoms with Crippen LogP contribution in [0.25, 0.3) is 10.8 Å². The maximum absolute atomic E-state index is 5.96. The molecule has 2 heterocycles. The SMILES string of the molecule is c1ccc2c3c(ccc2c1)OC(C1CCCO1)O3. The van der Waals surface area contributed by atoms with Crippen molar-refractivity contribution in [2.45, 2.75) is 25.2 Å². The normalized spacial score (nSPS) is 25.8. The molecule has 2 aromatic carbocycles. The molecule has 92 valence electrons. The summed E-state index contributed by atoms with van der Waals surface area (Å²) in [6.07, 6.45) is 1.88. The molecular weight excluding hydrogens is 228 g/mol. The fourth-order valence-corrected chi connectivity index (χ4v) is 2.67. The lowest BCUT2D eigenvalue weighted by atomic mass is 10.1. The molecule has 18 heavy (non-hydrogen) atoms. The Kier molecular flexibility index (Phi) is 2.20. The van der Waals surface area contributed by atoms with E-state index in [9.17, 15) is 0 Å². The first-order chi connectivity index (χ1) is 8.92. The van der Waals surface area contributed by atoms with Crippen molar-refractivity contribution in [1.82, 2.24) is 0 Å². The molecular formula is C15H14O3. The van der Waals surface area contributed by atoms with Gasteiger partial charge in [0.05, 0.1) is 0 Å². The fourth-order valence-electron chi connectivity index (χ4n) is 2.67. The number of hydrogen-bond donors (Lipinski definition) is 0. The minimum Gasteiger partial charge on any atom is -0.448 e. The van der Waals surface area contributed by atoms with Crippen molar-refractivity contribution in [2.75, 3.05) is 6.61 Å². The zero-order valence-corrected chi connectivity index (χ0v) is 9.96. The maximum atomic E-state index is 5.96. The van der Waals surface area contributed by atoms with Crippen LogP contribution in [-0.4, -0.2) is 19.0 Å². The van der Waals surface area contributed by atoms with E-state index in [1.54, 1.807) is 0 Å². The Morgan fingerprint density at radius 2 is 1.94 bits per heavy atom. The largest absolute Gasteiger partial charge is 0.448 e. The molecule has 0 aliphatic carbocycles. The van der Waals surface area contributed by atoms with Crippen LogP contribution >= 0.6 is 0 Å². The van der Waals surface area contributed by atoms with E-state index >= 15 is 0 Å². The van der Waals surface area contributed by atoms with Gasteiger partial charge in [-0.2, -0.15) is 0 Å². The Morgan fingerprint density at radius 1 is 1.00 bits per heavy atom. The molecule has 3 nitrogen and oxygen atoms in total. The van der Waals surface area contributed by atoms with Gasteiger partial charge < -0.3 is 14.2 Å². The Balaban J connectivity index is 1.74. The van der Waals surface area contributed by atoms with E-state index in [-0.39, 0.29) is 12.4 Å². The number of ether oxygens (including phenoxy) is 3. The molecule has 2 aromatic rings. The first kappa shape index (κ1) is 10.2. The van der Waals surface area contributed by atoms with Gasteiger partial charge in [-0.3, -0.25) is 0 Å². The van der Waals surface area contributed by atoms with E-state index in [2.05, 4.69) is 18.2 Å². The van der Waals surface area contributed by atoms with E-state index in [1.807, 2.05) is 18.2 Å². The van der Waals surface area contributed by atoms with Crippen molar-refractivity contribution in [3.63, 3.8) is 0 Å². The minimum atomic E-state index is -0.284. The summed E-state index contributed by atoms with van der Waals surface area (Å²) in [7, 11) is 0. The topological polar surface area (TPSA) is 27.7 Å². The molecule has 3 heteroatoms. The van der Waals surface area contributed by atoms with Crippen LogP contribution in [0.3, 0.4) is 0 Å². The van der Waals surface area contributed by atoms with Gasteiger partial charge in [0.15, 0.2) is 11.5 Å². The zero-order chi connectivity index (χ0) is 11.9. The minimum absolute atomic E-state index is 0.0659. The lowest BCUT2D eigenvalue weighted by molar-refractivity contribution is -0.0685. The predicted octanol–water partition coefficient (Wildman–Crippen LogP) is 3.12. The second-order valence-corrected chi connectivity index (χ2v) is 4.77. The van der Waals surface area contributed by atoms with Crippen molar-refractivity contribution in [3.05, 3.63) is 36.4 Å². The molecule has 0 bridgehead atoms. The Bertz CT molecular complexity index is 587. The number of hydrogen-bond acceptors (Lipinski definition) is 3. The van der Waals surface area contributed by atoms with E-state index < -0.39 is 0 Å². The molecule has 0 amide bonds. The van der Waals surface area contributed by atoms with Crippen LogP contribution in [0.2, 0.25) is 0 Å². The molecule has 0 saturated carbocycles. The molecule has 0 N–H and O–H groups in total. The van der Waals surface area contributed by atoms with Gasteiger partial charge in [0.2, 0.25) is 0 Å². The highest BCUT2D eigenvalue weighted by Crippen LogP contribution is 2.42. The summed E-state index contributed by atoms with van der Waals surface area (Å²) in [4.78, 5) is 0. The van der Waals surface area contributed by atoms with Gasteiger partial charge >= 0.3 is 0 Å². The van der Waals surface area contributed by atoms with Gasteiger partial charge in [-0.15, -0.1) is 0 Å². The van der Waals surface area contributed by atoms with Crippen LogP contribution in [0.5, 0.6) is 11.5 Å². The zero-order valence-electron chi connectivity index (χ0n) is 9.96. The Labute approximate surface area is 105 Å². The van der Waals surface area contributed by atoms with Crippen molar-refractivity contribution < 1.29 is 14.2 Å². The molecule has 2 aliphatic heterocycles. The van der Waals surface area contributed by atoms with Crippen LogP contribution in [0, 0.1) is 0 Å². The maximum Gasteiger partial charge on any atom is 0.267 e. The summed E-state index contributed by atoms with van der Waals surface area (Å²) in [5.41, 5.74) is 0. The molecule has 2 atom stereocenters. The van der Waals surface area contributed by atoms with Crippen LogP contribution in [0.15, 0.2) is 36.4 Å².